The molecular weight excluding hydrogens is 208 g/mol. The number of likely N-dealkylation sites (tertiary alicyclic amines) is 1. The molecule has 1 saturated heterocycles. The van der Waals surface area contributed by atoms with Crippen molar-refractivity contribution in [2.45, 2.75) is 78.4 Å². The summed E-state index contributed by atoms with van der Waals surface area (Å²) in [5.74, 6) is 0.746. The first-order valence-electron chi connectivity index (χ1n) is 7.55. The molecule has 1 rings (SSSR count). The Kier molecular flexibility index (Phi) is 6.50. The average molecular weight is 240 g/mol. The lowest BCUT2D eigenvalue weighted by Gasteiger charge is -2.39. The van der Waals surface area contributed by atoms with Crippen LogP contribution in [0.1, 0.15) is 60.3 Å². The van der Waals surface area contributed by atoms with Crippen LogP contribution in [0.15, 0.2) is 0 Å². The van der Waals surface area contributed by atoms with Gasteiger partial charge in [0.2, 0.25) is 0 Å². The van der Waals surface area contributed by atoms with E-state index >= 15 is 0 Å². The predicted octanol–water partition coefficient (Wildman–Crippen LogP) is 3.27. The lowest BCUT2D eigenvalue weighted by molar-refractivity contribution is 0.106. The number of piperidine rings is 1. The van der Waals surface area contributed by atoms with Crippen molar-refractivity contribution < 1.29 is 0 Å². The Balaban J connectivity index is 2.42. The molecule has 0 unspecified atom stereocenters. The maximum Gasteiger partial charge on any atom is 0.0223 e. The fourth-order valence-corrected chi connectivity index (χ4v) is 3.06. The number of hydrogen-bond donors (Lipinski definition) is 1. The molecule has 2 nitrogen and oxygen atoms in total. The van der Waals surface area contributed by atoms with E-state index in [1.165, 1.54) is 38.8 Å². The summed E-state index contributed by atoms with van der Waals surface area (Å²) >= 11 is 0. The summed E-state index contributed by atoms with van der Waals surface area (Å²) in [6.07, 6.45) is 5.41. The Morgan fingerprint density at radius 3 is 2.41 bits per heavy atom. The quantitative estimate of drug-likeness (QED) is 0.766. The third-order valence-electron chi connectivity index (χ3n) is 4.20. The summed E-state index contributed by atoms with van der Waals surface area (Å²) in [6, 6.07) is 2.14. The monoisotopic (exact) mass is 240 g/mol. The first-order chi connectivity index (χ1) is 8.06. The van der Waals surface area contributed by atoms with Crippen molar-refractivity contribution in [3.63, 3.8) is 0 Å². The number of nitrogens with one attached hydrogen (secondary N) is 1. The molecule has 17 heavy (non-hydrogen) atoms. The minimum atomic E-state index is 0.686. The number of rotatable bonds is 6. The van der Waals surface area contributed by atoms with Crippen molar-refractivity contribution in [3.05, 3.63) is 0 Å². The van der Waals surface area contributed by atoms with Crippen LogP contribution in [0.2, 0.25) is 0 Å². The molecule has 0 aromatic heterocycles. The highest BCUT2D eigenvalue weighted by molar-refractivity contribution is 4.82. The highest BCUT2D eigenvalue weighted by Crippen LogP contribution is 2.19. The van der Waals surface area contributed by atoms with Gasteiger partial charge in [0, 0.05) is 24.7 Å². The molecule has 0 spiro atoms. The van der Waals surface area contributed by atoms with Crippen molar-refractivity contribution in [3.8, 4) is 0 Å². The van der Waals surface area contributed by atoms with Gasteiger partial charge in [-0.15, -0.1) is 0 Å². The summed E-state index contributed by atoms with van der Waals surface area (Å²) in [5.41, 5.74) is 0. The second-order valence-electron chi connectivity index (χ2n) is 6.15. The third kappa shape index (κ3) is 4.59. The van der Waals surface area contributed by atoms with Crippen LogP contribution < -0.4 is 5.32 Å². The van der Waals surface area contributed by atoms with Crippen molar-refractivity contribution in [1.82, 2.24) is 10.2 Å². The van der Waals surface area contributed by atoms with Gasteiger partial charge in [-0.05, 0) is 45.6 Å². The van der Waals surface area contributed by atoms with Crippen molar-refractivity contribution >= 4 is 0 Å². The fourth-order valence-electron chi connectivity index (χ4n) is 3.06. The van der Waals surface area contributed by atoms with E-state index in [4.69, 9.17) is 0 Å². The van der Waals surface area contributed by atoms with Gasteiger partial charge in [0.05, 0.1) is 0 Å². The minimum absolute atomic E-state index is 0.686. The molecule has 1 aliphatic heterocycles. The first-order valence-corrected chi connectivity index (χ1v) is 7.55. The summed E-state index contributed by atoms with van der Waals surface area (Å²) in [4.78, 5) is 2.68. The molecule has 0 radical (unpaired) electrons. The molecule has 0 aliphatic carbocycles. The first kappa shape index (κ1) is 15.0. The van der Waals surface area contributed by atoms with E-state index in [-0.39, 0.29) is 0 Å². The second kappa shape index (κ2) is 7.38. The maximum absolute atomic E-state index is 3.78. The Morgan fingerprint density at radius 2 is 1.88 bits per heavy atom. The average Bonchev–Trinajstić information content (AvgIpc) is 2.29. The molecule has 1 aliphatic rings. The molecule has 1 N–H and O–H groups in total. The van der Waals surface area contributed by atoms with Crippen LogP contribution in [0.3, 0.4) is 0 Å². The van der Waals surface area contributed by atoms with Gasteiger partial charge >= 0.3 is 0 Å². The molecule has 0 aromatic carbocycles. The van der Waals surface area contributed by atoms with Crippen molar-refractivity contribution in [2.24, 2.45) is 5.92 Å². The van der Waals surface area contributed by atoms with Gasteiger partial charge in [0.15, 0.2) is 0 Å². The van der Waals surface area contributed by atoms with Gasteiger partial charge in [0.25, 0.3) is 0 Å². The Labute approximate surface area is 108 Å². The topological polar surface area (TPSA) is 15.3 Å². The highest BCUT2D eigenvalue weighted by atomic mass is 15.2. The normalized spacial score (nSPS) is 24.5. The molecular formula is C15H32N2. The van der Waals surface area contributed by atoms with Crippen LogP contribution >= 0.6 is 0 Å². The third-order valence-corrected chi connectivity index (χ3v) is 4.20. The Morgan fingerprint density at radius 1 is 1.18 bits per heavy atom. The summed E-state index contributed by atoms with van der Waals surface area (Å²) in [7, 11) is 0. The maximum atomic E-state index is 3.78. The van der Waals surface area contributed by atoms with E-state index in [0.717, 1.165) is 12.0 Å². The van der Waals surface area contributed by atoms with Crippen LogP contribution in [0, 0.1) is 5.92 Å². The van der Waals surface area contributed by atoms with Crippen LogP contribution in [0.4, 0.5) is 0 Å². The molecule has 0 aromatic rings. The summed E-state index contributed by atoms with van der Waals surface area (Å²) < 4.78 is 0. The van der Waals surface area contributed by atoms with E-state index in [2.05, 4.69) is 44.8 Å². The van der Waals surface area contributed by atoms with Crippen LogP contribution in [-0.2, 0) is 0 Å². The molecule has 102 valence electrons. The molecule has 0 amide bonds. The van der Waals surface area contributed by atoms with E-state index < -0.39 is 0 Å². The van der Waals surface area contributed by atoms with Crippen LogP contribution in [0.5, 0.6) is 0 Å². The predicted molar refractivity (Wildman–Crippen MR) is 76.4 cm³/mol. The highest BCUT2D eigenvalue weighted by Gasteiger charge is 2.25. The molecule has 2 heteroatoms. The molecule has 1 fully saturated rings. The lowest BCUT2D eigenvalue weighted by atomic mass is 9.98. The standard InChI is InChI=1S/C15H32N2/c1-6-15(12(2)3)16-11-14-9-7-8-10-17(14)13(4)5/h12-16H,6-11H2,1-5H3/t14-,15+/m0/s1. The van der Waals surface area contributed by atoms with Crippen molar-refractivity contribution in [1.29, 1.82) is 0 Å². The fraction of sp³-hybridized carbons (Fsp3) is 1.00. The lowest BCUT2D eigenvalue weighted by Crippen LogP contribution is -2.50. The number of hydrogen-bond acceptors (Lipinski definition) is 2. The minimum Gasteiger partial charge on any atom is -0.312 e. The Bertz CT molecular complexity index is 201. The zero-order valence-corrected chi connectivity index (χ0v) is 12.5. The van der Waals surface area contributed by atoms with Gasteiger partial charge in [-0.1, -0.05) is 27.2 Å². The van der Waals surface area contributed by atoms with Crippen LogP contribution in [-0.4, -0.2) is 36.1 Å². The SMILES string of the molecule is CC[C@@H](NC[C@@H]1CCCCN1C(C)C)C(C)C. The van der Waals surface area contributed by atoms with Crippen LogP contribution in [0.25, 0.3) is 0 Å². The van der Waals surface area contributed by atoms with Gasteiger partial charge in [-0.3, -0.25) is 4.90 Å². The molecule has 0 bridgehead atoms. The van der Waals surface area contributed by atoms with E-state index in [1.54, 1.807) is 0 Å². The van der Waals surface area contributed by atoms with Gasteiger partial charge in [0.1, 0.15) is 0 Å². The smallest absolute Gasteiger partial charge is 0.0223 e. The zero-order valence-electron chi connectivity index (χ0n) is 12.5. The molecule has 0 saturated carbocycles. The van der Waals surface area contributed by atoms with E-state index in [0.29, 0.717) is 12.1 Å². The van der Waals surface area contributed by atoms with Gasteiger partial charge in [-0.25, -0.2) is 0 Å². The van der Waals surface area contributed by atoms with Crippen molar-refractivity contribution in [2.75, 3.05) is 13.1 Å². The molecule has 2 atom stereocenters. The molecule has 1 heterocycles. The van der Waals surface area contributed by atoms with Gasteiger partial charge < -0.3 is 5.32 Å². The number of nitrogens with zero attached hydrogens (tertiary/aromatic N) is 1. The summed E-state index contributed by atoms with van der Waals surface area (Å²) in [5, 5.41) is 3.78. The van der Waals surface area contributed by atoms with E-state index in [1.807, 2.05) is 0 Å². The largest absolute Gasteiger partial charge is 0.312 e. The second-order valence-corrected chi connectivity index (χ2v) is 6.15. The summed E-state index contributed by atoms with van der Waals surface area (Å²) in [6.45, 7) is 14.1. The van der Waals surface area contributed by atoms with E-state index in [9.17, 15) is 0 Å². The van der Waals surface area contributed by atoms with Gasteiger partial charge in [-0.2, -0.15) is 0 Å². The zero-order chi connectivity index (χ0) is 12.8. The Hall–Kier alpha value is -0.0800.